The summed E-state index contributed by atoms with van der Waals surface area (Å²) in [6.07, 6.45) is 0. The Bertz CT molecular complexity index is 2370. The zero-order valence-electron chi connectivity index (χ0n) is 26.2. The third-order valence-corrected chi connectivity index (χ3v) is 8.96. The van der Waals surface area contributed by atoms with E-state index in [2.05, 4.69) is 20.1 Å². The van der Waals surface area contributed by atoms with Gasteiger partial charge in [0.2, 0.25) is 0 Å². The molecule has 0 aliphatic carbocycles. The van der Waals surface area contributed by atoms with Crippen LogP contribution >= 0.6 is 0 Å². The van der Waals surface area contributed by atoms with Crippen LogP contribution in [0.1, 0.15) is 71.9 Å². The molecule has 8 rings (SSSR count). The lowest BCUT2D eigenvalue weighted by Gasteiger charge is -2.36. The third-order valence-electron chi connectivity index (χ3n) is 8.96. The number of benzene rings is 5. The lowest BCUT2D eigenvalue weighted by atomic mass is 9.76. The summed E-state index contributed by atoms with van der Waals surface area (Å²) in [5.74, 6) is 0.0744. The Kier molecular flexibility index (Phi) is 7.84. The molecule has 0 saturated carbocycles. The van der Waals surface area contributed by atoms with Crippen molar-refractivity contribution in [1.82, 2.24) is 4.90 Å². The smallest absolute Gasteiger partial charge is 0.340 e. The largest absolute Gasteiger partial charge is 0.456 e. The number of fused-ring (bicyclic) bond motifs is 6. The SMILES string of the molecule is C.CN1C(=O)c2cccc3c(N=[N+]=[N-])ccc(c23)C1=O.Cc1ccc2c(c1)Oc1cc(N=[N+]=[N-])ccc1C21OC(=O)c2cc(C)c(C)cc21. The second-order valence-electron chi connectivity index (χ2n) is 11.7. The fourth-order valence-electron chi connectivity index (χ4n) is 6.53. The number of hydrogen-bond acceptors (Lipinski definition) is 7. The van der Waals surface area contributed by atoms with Gasteiger partial charge in [0.05, 0.1) is 5.56 Å². The van der Waals surface area contributed by atoms with Crippen molar-refractivity contribution >= 4 is 39.9 Å². The minimum atomic E-state index is -1.10. The lowest BCUT2D eigenvalue weighted by molar-refractivity contribution is 0.0224. The first-order valence-electron chi connectivity index (χ1n) is 14.9. The van der Waals surface area contributed by atoms with Gasteiger partial charge in [-0.2, -0.15) is 0 Å². The molecule has 0 aromatic heterocycles. The van der Waals surface area contributed by atoms with Crippen LogP contribution < -0.4 is 4.74 Å². The first kappa shape index (κ1) is 32.3. The fraction of sp³-hybridized carbons (Fsp3) is 0.162. The van der Waals surface area contributed by atoms with Gasteiger partial charge in [-0.3, -0.25) is 14.5 Å². The molecule has 5 aromatic carbocycles. The van der Waals surface area contributed by atoms with E-state index in [1.54, 1.807) is 48.5 Å². The van der Waals surface area contributed by atoms with E-state index in [0.717, 1.165) is 32.7 Å². The zero-order valence-corrected chi connectivity index (χ0v) is 26.2. The van der Waals surface area contributed by atoms with Crippen molar-refractivity contribution < 1.29 is 23.9 Å². The van der Waals surface area contributed by atoms with E-state index in [-0.39, 0.29) is 25.2 Å². The Morgan fingerprint density at radius 2 is 1.37 bits per heavy atom. The van der Waals surface area contributed by atoms with Crippen molar-refractivity contribution in [2.45, 2.75) is 33.8 Å². The average molecular weight is 652 g/mol. The molecule has 0 bridgehead atoms. The van der Waals surface area contributed by atoms with Gasteiger partial charge in [0.1, 0.15) is 11.5 Å². The molecule has 3 aliphatic rings. The quantitative estimate of drug-likeness (QED) is 0.0607. The number of aryl methyl sites for hydroxylation is 3. The van der Waals surface area contributed by atoms with Crippen molar-refractivity contribution in [3.63, 3.8) is 0 Å². The van der Waals surface area contributed by atoms with Crippen molar-refractivity contribution in [2.24, 2.45) is 10.2 Å². The maximum Gasteiger partial charge on any atom is 0.340 e. The zero-order chi connectivity index (χ0) is 33.9. The molecule has 3 heterocycles. The molecule has 49 heavy (non-hydrogen) atoms. The molecular weight excluding hydrogens is 622 g/mol. The fourth-order valence-corrected chi connectivity index (χ4v) is 6.53. The molecule has 3 aliphatic heterocycles. The van der Waals surface area contributed by atoms with Crippen LogP contribution in [0.5, 0.6) is 11.5 Å². The summed E-state index contributed by atoms with van der Waals surface area (Å²) in [5, 5.41) is 8.44. The Hall–Kier alpha value is -6.61. The molecule has 1 spiro atoms. The second kappa shape index (κ2) is 11.9. The number of nitrogens with zero attached hydrogens (tertiary/aromatic N) is 7. The van der Waals surface area contributed by atoms with Crippen molar-refractivity contribution in [3.8, 4) is 11.5 Å². The normalized spacial score (nSPS) is 16.1. The maximum absolute atomic E-state index is 12.9. The Morgan fingerprint density at radius 1 is 0.714 bits per heavy atom. The van der Waals surface area contributed by atoms with Crippen LogP contribution in [0.3, 0.4) is 0 Å². The summed E-state index contributed by atoms with van der Waals surface area (Å²) in [7, 11) is 1.45. The minimum absolute atomic E-state index is 0. The van der Waals surface area contributed by atoms with Crippen molar-refractivity contribution in [1.29, 1.82) is 0 Å². The summed E-state index contributed by atoms with van der Waals surface area (Å²) in [6, 6.07) is 23.2. The summed E-state index contributed by atoms with van der Waals surface area (Å²) < 4.78 is 12.3. The number of ether oxygens (including phenoxy) is 2. The number of carbonyl (C=O) groups excluding carboxylic acids is 3. The molecule has 1 atom stereocenters. The highest BCUT2D eigenvalue weighted by atomic mass is 16.6. The van der Waals surface area contributed by atoms with E-state index >= 15 is 0 Å². The minimum Gasteiger partial charge on any atom is -0.456 e. The molecule has 2 amide bonds. The number of imide groups is 1. The van der Waals surface area contributed by atoms with Gasteiger partial charge in [-0.15, -0.1) is 0 Å². The molecule has 0 N–H and O–H groups in total. The van der Waals surface area contributed by atoms with Crippen LogP contribution in [0.25, 0.3) is 31.7 Å². The predicted molar refractivity (Wildman–Crippen MR) is 184 cm³/mol. The first-order chi connectivity index (χ1) is 23.1. The molecule has 12 nitrogen and oxygen atoms in total. The van der Waals surface area contributed by atoms with E-state index < -0.39 is 5.60 Å². The Morgan fingerprint density at radius 3 is 2.08 bits per heavy atom. The van der Waals surface area contributed by atoms with Crippen molar-refractivity contribution in [3.05, 3.63) is 150 Å². The summed E-state index contributed by atoms with van der Waals surface area (Å²) in [4.78, 5) is 43.8. The number of hydrogen-bond donors (Lipinski definition) is 0. The van der Waals surface area contributed by atoms with Crippen molar-refractivity contribution in [2.75, 3.05) is 7.05 Å². The number of carbonyl (C=O) groups is 3. The van der Waals surface area contributed by atoms with Crippen LogP contribution in [0.2, 0.25) is 0 Å². The monoisotopic (exact) mass is 651 g/mol. The van der Waals surface area contributed by atoms with Gasteiger partial charge in [0.15, 0.2) is 5.60 Å². The van der Waals surface area contributed by atoms with E-state index in [0.29, 0.717) is 55.9 Å². The number of azide groups is 2. The number of rotatable bonds is 2. The highest BCUT2D eigenvalue weighted by Gasteiger charge is 2.53. The number of amides is 2. The van der Waals surface area contributed by atoms with Gasteiger partial charge >= 0.3 is 5.97 Å². The van der Waals surface area contributed by atoms with E-state index in [4.69, 9.17) is 20.5 Å². The van der Waals surface area contributed by atoms with Crippen LogP contribution in [-0.4, -0.2) is 29.7 Å². The Labute approximate surface area is 280 Å². The maximum atomic E-state index is 12.9. The molecule has 1 unspecified atom stereocenters. The molecule has 242 valence electrons. The van der Waals surface area contributed by atoms with Crippen LogP contribution in [0, 0.1) is 20.8 Å². The van der Waals surface area contributed by atoms with Crippen LogP contribution in [0.15, 0.2) is 89.1 Å². The predicted octanol–water partition coefficient (Wildman–Crippen LogP) is 9.77. The highest BCUT2D eigenvalue weighted by molar-refractivity contribution is 6.26. The average Bonchev–Trinajstić information content (AvgIpc) is 3.34. The molecule has 12 heteroatoms. The molecule has 0 saturated heterocycles. The van der Waals surface area contributed by atoms with Gasteiger partial charge in [-0.05, 0) is 84.2 Å². The van der Waals surface area contributed by atoms with Gasteiger partial charge in [0.25, 0.3) is 11.8 Å². The third kappa shape index (κ3) is 4.82. The molecule has 0 radical (unpaired) electrons. The molecular formula is C37H29N7O5. The van der Waals surface area contributed by atoms with Gasteiger partial charge in [-0.1, -0.05) is 66.2 Å². The van der Waals surface area contributed by atoms with E-state index in [9.17, 15) is 14.4 Å². The van der Waals surface area contributed by atoms with E-state index in [1.165, 1.54) is 7.05 Å². The van der Waals surface area contributed by atoms with Gasteiger partial charge in [0, 0.05) is 61.4 Å². The topological polar surface area (TPSA) is 170 Å². The lowest BCUT2D eigenvalue weighted by Crippen LogP contribution is -2.36. The summed E-state index contributed by atoms with van der Waals surface area (Å²) >= 11 is 0. The summed E-state index contributed by atoms with van der Waals surface area (Å²) in [5.41, 5.74) is 24.0. The van der Waals surface area contributed by atoms with Crippen LogP contribution in [-0.2, 0) is 10.3 Å². The molecule has 5 aromatic rings. The highest BCUT2D eigenvalue weighted by Crippen LogP contribution is 2.57. The van der Waals surface area contributed by atoms with Crippen LogP contribution in [0.4, 0.5) is 11.4 Å². The number of esters is 1. The van der Waals surface area contributed by atoms with E-state index in [1.807, 2.05) is 51.1 Å². The standard InChI is InChI=1S/C23H17N3O3.C13H8N4O2.CH4/c1-12-4-6-17-20(8-12)28-21-11-15(25-26-24)5-7-18(21)23(17)19-10-14(3)13(2)9-16(19)22(27)29-23;1-17-12(18)8-4-2-3-7-10(15-16-14)6-5-9(11(7)8)13(17)19;/h4-11H,1-3H3;2-6H,1H3;1H4. The van der Waals surface area contributed by atoms with Gasteiger partial charge < -0.3 is 9.47 Å². The summed E-state index contributed by atoms with van der Waals surface area (Å²) in [6.45, 7) is 5.98. The van der Waals surface area contributed by atoms with Gasteiger partial charge in [-0.25, -0.2) is 4.79 Å². The second-order valence-corrected chi connectivity index (χ2v) is 11.7. The first-order valence-corrected chi connectivity index (χ1v) is 14.9. The molecule has 0 fully saturated rings. The Balaban J connectivity index is 0.000000181.